The van der Waals surface area contributed by atoms with Gasteiger partial charge in [-0.3, -0.25) is 4.79 Å². The van der Waals surface area contributed by atoms with Crippen LogP contribution in [0.25, 0.3) is 0 Å². The molecule has 0 fully saturated rings. The van der Waals surface area contributed by atoms with E-state index < -0.39 is 17.7 Å². The second-order valence-corrected chi connectivity index (χ2v) is 5.39. The highest BCUT2D eigenvalue weighted by Crippen LogP contribution is 2.21. The molecule has 6 N–H and O–H groups in total. The Bertz CT molecular complexity index is 519. The number of amides is 1. The standard InChI is InChI=1S/C7H9ClN4O2.C5H11NO2/c8-6-5(9)7(12-3-11-6)10-2-1-4(13)14;1-5(2,3)8-4(6)7/h3H,1-2,9H2,(H,13,14)(H,10,11,12);1-3H3,(H2,6,7). The van der Waals surface area contributed by atoms with Gasteiger partial charge in [0.1, 0.15) is 17.6 Å². The highest BCUT2D eigenvalue weighted by molar-refractivity contribution is 6.32. The van der Waals surface area contributed by atoms with Crippen molar-refractivity contribution in [2.24, 2.45) is 5.73 Å². The summed E-state index contributed by atoms with van der Waals surface area (Å²) >= 11 is 5.62. The minimum Gasteiger partial charge on any atom is -0.481 e. The average Bonchev–Trinajstić information content (AvgIpc) is 2.31. The number of rotatable bonds is 4. The zero-order chi connectivity index (χ0) is 17.3. The van der Waals surface area contributed by atoms with Crippen molar-refractivity contribution in [3.63, 3.8) is 0 Å². The van der Waals surface area contributed by atoms with Crippen molar-refractivity contribution >= 4 is 35.2 Å². The second kappa shape index (κ2) is 8.88. The number of nitrogens with two attached hydrogens (primary N) is 2. The lowest BCUT2D eigenvalue weighted by molar-refractivity contribution is -0.136. The molecule has 0 aliphatic carbocycles. The molecule has 124 valence electrons. The molecule has 1 amide bonds. The molecule has 0 radical (unpaired) electrons. The van der Waals surface area contributed by atoms with Gasteiger partial charge in [0.2, 0.25) is 0 Å². The van der Waals surface area contributed by atoms with E-state index in [1.807, 2.05) is 0 Å². The van der Waals surface area contributed by atoms with Crippen molar-refractivity contribution in [3.8, 4) is 0 Å². The van der Waals surface area contributed by atoms with Crippen LogP contribution in [0.4, 0.5) is 16.3 Å². The van der Waals surface area contributed by atoms with Crippen LogP contribution < -0.4 is 16.8 Å². The number of nitrogen functional groups attached to an aromatic ring is 1. The normalized spacial score (nSPS) is 10.2. The highest BCUT2D eigenvalue weighted by atomic mass is 35.5. The first-order valence-electron chi connectivity index (χ1n) is 6.23. The molecule has 1 aromatic heterocycles. The second-order valence-electron chi connectivity index (χ2n) is 5.03. The molecule has 0 atom stereocenters. The Morgan fingerprint density at radius 2 is 2.00 bits per heavy atom. The SMILES string of the molecule is CC(C)(C)OC(N)=O.Nc1c(Cl)ncnc1NCCC(=O)O. The number of primary amides is 1. The number of halogens is 1. The Labute approximate surface area is 133 Å². The minimum absolute atomic E-state index is 0.0128. The lowest BCUT2D eigenvalue weighted by Crippen LogP contribution is -2.27. The number of aliphatic carboxylic acids is 1. The van der Waals surface area contributed by atoms with E-state index in [2.05, 4.69) is 20.0 Å². The first-order chi connectivity index (χ1) is 10.0. The number of nitrogens with one attached hydrogen (secondary N) is 1. The van der Waals surface area contributed by atoms with Crippen molar-refractivity contribution in [3.05, 3.63) is 11.5 Å². The van der Waals surface area contributed by atoms with Crippen LogP contribution in [0.2, 0.25) is 5.15 Å². The summed E-state index contributed by atoms with van der Waals surface area (Å²) in [7, 11) is 0. The first kappa shape index (κ1) is 19.7. The number of hydrogen-bond donors (Lipinski definition) is 4. The van der Waals surface area contributed by atoms with Gasteiger partial charge >= 0.3 is 12.1 Å². The summed E-state index contributed by atoms with van der Waals surface area (Å²) in [5, 5.41) is 11.3. The van der Waals surface area contributed by atoms with Gasteiger partial charge in [-0.1, -0.05) is 11.6 Å². The van der Waals surface area contributed by atoms with Crippen molar-refractivity contribution < 1.29 is 19.4 Å². The fourth-order valence-corrected chi connectivity index (χ4v) is 1.24. The molecule has 0 saturated heterocycles. The van der Waals surface area contributed by atoms with Gasteiger partial charge in [0.05, 0.1) is 6.42 Å². The Balaban J connectivity index is 0.000000472. The van der Waals surface area contributed by atoms with Gasteiger partial charge < -0.3 is 26.6 Å². The number of nitrogens with zero attached hydrogens (tertiary/aromatic N) is 2. The predicted octanol–water partition coefficient (Wildman–Crippen LogP) is 1.48. The van der Waals surface area contributed by atoms with Gasteiger partial charge in [0, 0.05) is 6.54 Å². The average molecular weight is 334 g/mol. The zero-order valence-corrected chi connectivity index (χ0v) is 13.3. The summed E-state index contributed by atoms with van der Waals surface area (Å²) in [5.41, 5.74) is 10.0. The Hall–Kier alpha value is -2.29. The lowest BCUT2D eigenvalue weighted by Gasteiger charge is -2.16. The van der Waals surface area contributed by atoms with Crippen molar-refractivity contribution in [2.75, 3.05) is 17.6 Å². The molecule has 1 rings (SSSR count). The summed E-state index contributed by atoms with van der Waals surface area (Å²) in [5.74, 6) is -0.539. The van der Waals surface area contributed by atoms with Gasteiger partial charge in [-0.2, -0.15) is 0 Å². The van der Waals surface area contributed by atoms with Crippen LogP contribution in [0.5, 0.6) is 0 Å². The molecule has 22 heavy (non-hydrogen) atoms. The van der Waals surface area contributed by atoms with Gasteiger partial charge in [0.15, 0.2) is 11.0 Å². The molecular formula is C12H20ClN5O4. The topological polar surface area (TPSA) is 153 Å². The van der Waals surface area contributed by atoms with Crippen molar-refractivity contribution in [2.45, 2.75) is 32.8 Å². The minimum atomic E-state index is -0.892. The maximum Gasteiger partial charge on any atom is 0.405 e. The molecule has 1 heterocycles. The number of aromatic nitrogens is 2. The molecule has 0 saturated carbocycles. The van der Waals surface area contributed by atoms with Crippen LogP contribution in [-0.2, 0) is 9.53 Å². The number of carbonyl (C=O) groups excluding carboxylic acids is 1. The van der Waals surface area contributed by atoms with Gasteiger partial charge in [-0.05, 0) is 20.8 Å². The smallest absolute Gasteiger partial charge is 0.405 e. The summed E-state index contributed by atoms with van der Waals surface area (Å²) in [6.45, 7) is 5.53. The number of anilines is 2. The molecule has 0 aliphatic rings. The first-order valence-corrected chi connectivity index (χ1v) is 6.61. The zero-order valence-electron chi connectivity index (χ0n) is 12.6. The molecule has 0 spiro atoms. The maximum absolute atomic E-state index is 10.2. The lowest BCUT2D eigenvalue weighted by atomic mass is 10.2. The van der Waals surface area contributed by atoms with E-state index in [0.717, 1.165) is 0 Å². The molecule has 9 nitrogen and oxygen atoms in total. The fraction of sp³-hybridized carbons (Fsp3) is 0.500. The number of carboxylic acids is 1. The van der Waals surface area contributed by atoms with Crippen LogP contribution >= 0.6 is 11.6 Å². The highest BCUT2D eigenvalue weighted by Gasteiger charge is 2.12. The third-order valence-corrected chi connectivity index (χ3v) is 2.17. The molecule has 0 aromatic carbocycles. The van der Waals surface area contributed by atoms with Crippen LogP contribution in [-0.4, -0.2) is 39.3 Å². The molecule has 0 bridgehead atoms. The van der Waals surface area contributed by atoms with Crippen LogP contribution in [0, 0.1) is 0 Å². The van der Waals surface area contributed by atoms with Crippen molar-refractivity contribution in [1.82, 2.24) is 9.97 Å². The summed E-state index contributed by atoms with van der Waals surface area (Å²) in [4.78, 5) is 27.7. The number of hydrogen-bond acceptors (Lipinski definition) is 7. The molecule has 10 heteroatoms. The summed E-state index contributed by atoms with van der Waals surface area (Å²) in [6, 6.07) is 0. The monoisotopic (exact) mass is 333 g/mol. The molecule has 0 aliphatic heterocycles. The predicted molar refractivity (Wildman–Crippen MR) is 82.6 cm³/mol. The fourth-order valence-electron chi connectivity index (χ4n) is 1.10. The molecule has 0 unspecified atom stereocenters. The summed E-state index contributed by atoms with van der Waals surface area (Å²) in [6.07, 6.45) is 0.514. The maximum atomic E-state index is 10.2. The van der Waals surface area contributed by atoms with E-state index in [1.54, 1.807) is 20.8 Å². The van der Waals surface area contributed by atoms with Crippen LogP contribution in [0.1, 0.15) is 27.2 Å². The van der Waals surface area contributed by atoms with Gasteiger partial charge in [-0.15, -0.1) is 0 Å². The van der Waals surface area contributed by atoms with E-state index >= 15 is 0 Å². The Kier molecular flexibility index (Phi) is 7.95. The van der Waals surface area contributed by atoms with Crippen molar-refractivity contribution in [1.29, 1.82) is 0 Å². The largest absolute Gasteiger partial charge is 0.481 e. The van der Waals surface area contributed by atoms with E-state index in [9.17, 15) is 9.59 Å². The van der Waals surface area contributed by atoms with Crippen LogP contribution in [0.3, 0.4) is 0 Å². The van der Waals surface area contributed by atoms with Gasteiger partial charge in [-0.25, -0.2) is 14.8 Å². The third-order valence-electron chi connectivity index (χ3n) is 1.87. The van der Waals surface area contributed by atoms with E-state index in [4.69, 9.17) is 28.2 Å². The van der Waals surface area contributed by atoms with E-state index in [-0.39, 0.29) is 23.8 Å². The van der Waals surface area contributed by atoms with E-state index in [1.165, 1.54) is 6.33 Å². The number of carbonyl (C=O) groups is 2. The Morgan fingerprint density at radius 1 is 1.41 bits per heavy atom. The van der Waals surface area contributed by atoms with Gasteiger partial charge in [0.25, 0.3) is 0 Å². The number of carboxylic acid groups (broad SMARTS) is 1. The molecule has 1 aromatic rings. The van der Waals surface area contributed by atoms with Crippen LogP contribution in [0.15, 0.2) is 6.33 Å². The quantitative estimate of drug-likeness (QED) is 0.604. The number of ether oxygens (including phenoxy) is 1. The van der Waals surface area contributed by atoms with E-state index in [0.29, 0.717) is 5.82 Å². The summed E-state index contributed by atoms with van der Waals surface area (Å²) < 4.78 is 4.58. The third kappa shape index (κ3) is 9.59. The Morgan fingerprint density at radius 3 is 2.41 bits per heavy atom. The molecular weight excluding hydrogens is 314 g/mol.